The fourth-order valence-electron chi connectivity index (χ4n) is 4.19. The monoisotopic (exact) mass is 381 g/mol. The van der Waals surface area contributed by atoms with Crippen molar-refractivity contribution in [2.75, 3.05) is 19.6 Å². The number of hydrogen-bond donors (Lipinski definition) is 3. The van der Waals surface area contributed by atoms with Crippen molar-refractivity contribution in [2.45, 2.75) is 45.1 Å². The van der Waals surface area contributed by atoms with Crippen LogP contribution in [-0.4, -0.2) is 45.5 Å². The van der Waals surface area contributed by atoms with Gasteiger partial charge in [0, 0.05) is 28.1 Å². The second-order valence-electron chi connectivity index (χ2n) is 8.30. The van der Waals surface area contributed by atoms with Gasteiger partial charge in [0.25, 0.3) is 0 Å². The number of nitrogens with zero attached hydrogens (tertiary/aromatic N) is 1. The smallest absolute Gasteiger partial charge is 0.126 e. The largest absolute Gasteiger partial charge is 0.507 e. The van der Waals surface area contributed by atoms with E-state index in [-0.39, 0.29) is 11.5 Å². The van der Waals surface area contributed by atoms with Gasteiger partial charge in [-0.25, -0.2) is 0 Å². The predicted octanol–water partition coefficient (Wildman–Crippen LogP) is 2.54. The first-order chi connectivity index (χ1) is 13.2. The van der Waals surface area contributed by atoms with Gasteiger partial charge in [0.15, 0.2) is 0 Å². The second-order valence-corrected chi connectivity index (χ2v) is 8.30. The standard InChI is InChI=1S/C24H31NO3/c1-16-17(2)23(27)21(18(3)22(16)26)14-24(4,28)15-25-12-10-20(11-13-25)19-8-6-5-7-9-19/h5-9,14,20,26-28H,1,10-13,15H2,2-4H3/t24-/m0/s1. The molecule has 2 aromatic carbocycles. The number of aromatic hydroxyl groups is 2. The summed E-state index contributed by atoms with van der Waals surface area (Å²) in [4.78, 5) is 2.27. The average Bonchev–Trinajstić information content (AvgIpc) is 2.69. The lowest BCUT2D eigenvalue weighted by Gasteiger charge is -2.36. The number of likely N-dealkylation sites (tertiary alicyclic amines) is 1. The number of aliphatic hydroxyl groups is 1. The fourth-order valence-corrected chi connectivity index (χ4v) is 4.19. The number of phenols is 2. The molecule has 0 spiro atoms. The van der Waals surface area contributed by atoms with E-state index in [2.05, 4.69) is 35.7 Å². The zero-order valence-electron chi connectivity index (χ0n) is 17.1. The SMILES string of the molecule is C=c1c(C)c(O)c(=C[C@](C)(O)CN2CCC(c3ccccc3)CC2)c(C)c1O. The predicted molar refractivity (Wildman–Crippen MR) is 114 cm³/mol. The molecule has 0 aliphatic carbocycles. The number of benzene rings is 2. The maximum Gasteiger partial charge on any atom is 0.126 e. The van der Waals surface area contributed by atoms with Crippen molar-refractivity contribution in [3.63, 3.8) is 0 Å². The second kappa shape index (κ2) is 7.98. The molecule has 0 unspecified atom stereocenters. The Labute approximate surface area is 167 Å². The Hall–Kier alpha value is -2.30. The molecule has 0 saturated carbocycles. The molecule has 28 heavy (non-hydrogen) atoms. The lowest BCUT2D eigenvalue weighted by molar-refractivity contribution is 0.0635. The van der Waals surface area contributed by atoms with Crippen LogP contribution < -0.4 is 10.4 Å². The van der Waals surface area contributed by atoms with Crippen molar-refractivity contribution < 1.29 is 15.3 Å². The molecule has 4 nitrogen and oxygen atoms in total. The van der Waals surface area contributed by atoms with Gasteiger partial charge in [0.05, 0.1) is 5.60 Å². The molecule has 2 aromatic rings. The van der Waals surface area contributed by atoms with Gasteiger partial charge in [0.1, 0.15) is 11.5 Å². The van der Waals surface area contributed by atoms with Crippen LogP contribution in [0, 0.1) is 13.8 Å². The van der Waals surface area contributed by atoms with Gasteiger partial charge in [-0.15, -0.1) is 0 Å². The summed E-state index contributed by atoms with van der Waals surface area (Å²) in [6.07, 6.45) is 3.80. The number of hydrogen-bond acceptors (Lipinski definition) is 4. The maximum atomic E-state index is 11.0. The lowest BCUT2D eigenvalue weighted by Crippen LogP contribution is -2.44. The van der Waals surface area contributed by atoms with Crippen LogP contribution in [0.25, 0.3) is 12.7 Å². The van der Waals surface area contributed by atoms with Crippen LogP contribution in [0.1, 0.15) is 42.4 Å². The van der Waals surface area contributed by atoms with Gasteiger partial charge in [-0.3, -0.25) is 0 Å². The Balaban J connectivity index is 1.75. The Morgan fingerprint density at radius 2 is 1.68 bits per heavy atom. The average molecular weight is 382 g/mol. The summed E-state index contributed by atoms with van der Waals surface area (Å²) in [6, 6.07) is 10.6. The minimum absolute atomic E-state index is 0.0704. The first-order valence-corrected chi connectivity index (χ1v) is 9.92. The first-order valence-electron chi connectivity index (χ1n) is 9.92. The van der Waals surface area contributed by atoms with Crippen LogP contribution in [0.4, 0.5) is 0 Å². The third-order valence-corrected chi connectivity index (χ3v) is 5.97. The molecule has 0 amide bonds. The third-order valence-electron chi connectivity index (χ3n) is 5.97. The molecule has 1 saturated heterocycles. The van der Waals surface area contributed by atoms with Gasteiger partial charge < -0.3 is 20.2 Å². The van der Waals surface area contributed by atoms with Crippen LogP contribution in [-0.2, 0) is 0 Å². The zero-order valence-corrected chi connectivity index (χ0v) is 17.1. The summed E-state index contributed by atoms with van der Waals surface area (Å²) in [5, 5.41) is 32.7. The van der Waals surface area contributed by atoms with Gasteiger partial charge in [-0.05, 0) is 64.3 Å². The molecular formula is C24H31NO3. The molecular weight excluding hydrogens is 350 g/mol. The van der Waals surface area contributed by atoms with Crippen molar-refractivity contribution in [2.24, 2.45) is 0 Å². The van der Waals surface area contributed by atoms with Crippen molar-refractivity contribution in [1.29, 1.82) is 0 Å². The third kappa shape index (κ3) is 4.23. The number of rotatable bonds is 4. The van der Waals surface area contributed by atoms with Crippen molar-refractivity contribution in [3.05, 3.63) is 57.5 Å². The van der Waals surface area contributed by atoms with E-state index in [9.17, 15) is 15.3 Å². The van der Waals surface area contributed by atoms with Gasteiger partial charge in [-0.1, -0.05) is 36.9 Å². The van der Waals surface area contributed by atoms with Crippen LogP contribution in [0.15, 0.2) is 30.3 Å². The molecule has 4 heteroatoms. The van der Waals surface area contributed by atoms with Crippen LogP contribution in [0.5, 0.6) is 11.5 Å². The van der Waals surface area contributed by atoms with Crippen molar-refractivity contribution >= 4 is 12.7 Å². The molecule has 1 fully saturated rings. The number of piperidine rings is 1. The molecule has 150 valence electrons. The van der Waals surface area contributed by atoms with E-state index in [1.54, 1.807) is 26.8 Å². The molecule has 1 aliphatic heterocycles. The normalized spacial score (nSPS) is 18.9. The molecule has 0 aromatic heterocycles. The summed E-state index contributed by atoms with van der Waals surface area (Å²) < 4.78 is 0. The molecule has 3 rings (SSSR count). The van der Waals surface area contributed by atoms with E-state index in [0.717, 1.165) is 25.9 Å². The summed E-state index contributed by atoms with van der Waals surface area (Å²) >= 11 is 0. The Bertz CT molecular complexity index is 907. The maximum absolute atomic E-state index is 11.0. The summed E-state index contributed by atoms with van der Waals surface area (Å²) in [5.74, 6) is 0.714. The minimum Gasteiger partial charge on any atom is -0.507 e. The number of β-amino-alcohol motifs (C(OH)–C–C–N with tert-alkyl or cyclic N) is 1. The Kier molecular flexibility index (Phi) is 5.82. The van der Waals surface area contributed by atoms with Crippen molar-refractivity contribution in [1.82, 2.24) is 4.90 Å². The summed E-state index contributed by atoms with van der Waals surface area (Å²) in [7, 11) is 0. The molecule has 3 N–H and O–H groups in total. The van der Waals surface area contributed by atoms with E-state index in [4.69, 9.17) is 0 Å². The fraction of sp³-hybridized carbons (Fsp3) is 0.417. The Morgan fingerprint density at radius 3 is 2.29 bits per heavy atom. The van der Waals surface area contributed by atoms with E-state index in [1.165, 1.54) is 5.56 Å². The van der Waals surface area contributed by atoms with E-state index < -0.39 is 5.60 Å². The highest BCUT2D eigenvalue weighted by atomic mass is 16.3. The van der Waals surface area contributed by atoms with E-state index in [1.807, 2.05) is 6.07 Å². The van der Waals surface area contributed by atoms with Gasteiger partial charge in [0.2, 0.25) is 0 Å². The number of phenolic OH excluding ortho intramolecular Hbond substituents is 2. The lowest BCUT2D eigenvalue weighted by atomic mass is 9.89. The van der Waals surface area contributed by atoms with E-state index in [0.29, 0.717) is 34.0 Å². The molecule has 1 aliphatic rings. The quantitative estimate of drug-likeness (QED) is 0.712. The first kappa shape index (κ1) is 20.4. The molecule has 1 atom stereocenters. The van der Waals surface area contributed by atoms with Gasteiger partial charge in [-0.2, -0.15) is 0 Å². The summed E-state index contributed by atoms with van der Waals surface area (Å²) in [6.45, 7) is 11.4. The molecule has 1 heterocycles. The van der Waals surface area contributed by atoms with Gasteiger partial charge >= 0.3 is 0 Å². The topological polar surface area (TPSA) is 63.9 Å². The highest BCUT2D eigenvalue weighted by molar-refractivity contribution is 5.53. The summed E-state index contributed by atoms with van der Waals surface area (Å²) in [5.41, 5.74) is 1.34. The molecule has 0 radical (unpaired) electrons. The highest BCUT2D eigenvalue weighted by Crippen LogP contribution is 2.28. The minimum atomic E-state index is -1.12. The van der Waals surface area contributed by atoms with Crippen molar-refractivity contribution in [3.8, 4) is 11.5 Å². The van der Waals surface area contributed by atoms with Crippen LogP contribution >= 0.6 is 0 Å². The highest BCUT2D eigenvalue weighted by Gasteiger charge is 2.27. The Morgan fingerprint density at radius 1 is 1.07 bits per heavy atom. The zero-order chi connectivity index (χ0) is 20.5. The van der Waals surface area contributed by atoms with Crippen LogP contribution in [0.3, 0.4) is 0 Å². The molecule has 0 bridgehead atoms. The van der Waals surface area contributed by atoms with E-state index >= 15 is 0 Å². The van der Waals surface area contributed by atoms with Crippen LogP contribution in [0.2, 0.25) is 0 Å².